The molecule has 0 amide bonds. The van der Waals surface area contributed by atoms with Crippen LogP contribution in [0.5, 0.6) is 0 Å². The van der Waals surface area contributed by atoms with Crippen molar-refractivity contribution in [1.82, 2.24) is 9.55 Å². The average Bonchev–Trinajstić information content (AvgIpc) is 3.03. The molecule has 2 aromatic rings. The number of rotatable bonds is 2. The molecule has 0 spiro atoms. The Bertz CT molecular complexity index is 612. The number of aromatic nitrogens is 2. The maximum absolute atomic E-state index is 11.8. The lowest BCUT2D eigenvalue weighted by molar-refractivity contribution is -0.143. The van der Waals surface area contributed by atoms with Gasteiger partial charge in [0.25, 0.3) is 0 Å². The third-order valence-electron chi connectivity index (χ3n) is 3.56. The summed E-state index contributed by atoms with van der Waals surface area (Å²) in [6.07, 6.45) is 3.51. The molecule has 19 heavy (non-hydrogen) atoms. The topological polar surface area (TPSA) is 57.3 Å². The number of imidazole rings is 1. The Morgan fingerprint density at radius 3 is 3.05 bits per heavy atom. The molecule has 3 rings (SSSR count). The molecular formula is C14H16N2O3. The fraction of sp³-hybridized carbons (Fsp3) is 0.429. The summed E-state index contributed by atoms with van der Waals surface area (Å²) >= 11 is 0. The zero-order valence-electron chi connectivity index (χ0n) is 11.0. The number of nitrogens with zero attached hydrogens (tertiary/aromatic N) is 2. The van der Waals surface area contributed by atoms with Crippen molar-refractivity contribution in [3.63, 3.8) is 0 Å². The van der Waals surface area contributed by atoms with Crippen LogP contribution in [0.15, 0.2) is 22.7 Å². The summed E-state index contributed by atoms with van der Waals surface area (Å²) in [6.45, 7) is 2.76. The second kappa shape index (κ2) is 4.57. The SMILES string of the molecule is COC(=O)C1CCCn2c1cnc2-c1ccc(C)o1. The van der Waals surface area contributed by atoms with Crippen LogP contribution in [0.3, 0.4) is 0 Å². The van der Waals surface area contributed by atoms with E-state index in [1.54, 1.807) is 6.20 Å². The minimum Gasteiger partial charge on any atom is -0.469 e. The van der Waals surface area contributed by atoms with Crippen LogP contribution >= 0.6 is 0 Å². The monoisotopic (exact) mass is 260 g/mol. The number of ether oxygens (including phenoxy) is 1. The number of carbonyl (C=O) groups excluding carboxylic acids is 1. The Labute approximate surface area is 111 Å². The molecule has 0 aliphatic carbocycles. The minimum absolute atomic E-state index is 0.192. The molecule has 5 nitrogen and oxygen atoms in total. The molecule has 1 aliphatic rings. The lowest BCUT2D eigenvalue weighted by atomic mass is 9.96. The third-order valence-corrected chi connectivity index (χ3v) is 3.56. The molecule has 0 radical (unpaired) electrons. The van der Waals surface area contributed by atoms with E-state index in [4.69, 9.17) is 9.15 Å². The van der Waals surface area contributed by atoms with Crippen LogP contribution in [0.4, 0.5) is 0 Å². The van der Waals surface area contributed by atoms with Gasteiger partial charge in [-0.25, -0.2) is 4.98 Å². The molecular weight excluding hydrogens is 244 g/mol. The van der Waals surface area contributed by atoms with Crippen LogP contribution in [0.25, 0.3) is 11.6 Å². The highest BCUT2D eigenvalue weighted by Crippen LogP contribution is 2.32. The maximum Gasteiger partial charge on any atom is 0.314 e. The zero-order chi connectivity index (χ0) is 13.4. The highest BCUT2D eigenvalue weighted by atomic mass is 16.5. The molecule has 0 N–H and O–H groups in total. The van der Waals surface area contributed by atoms with Crippen molar-refractivity contribution >= 4 is 5.97 Å². The second-order valence-corrected chi connectivity index (χ2v) is 4.79. The van der Waals surface area contributed by atoms with Gasteiger partial charge < -0.3 is 13.7 Å². The Balaban J connectivity index is 2.03. The Morgan fingerprint density at radius 1 is 1.53 bits per heavy atom. The van der Waals surface area contributed by atoms with Crippen LogP contribution in [0.2, 0.25) is 0 Å². The van der Waals surface area contributed by atoms with Gasteiger partial charge in [0.05, 0.1) is 18.7 Å². The first-order valence-electron chi connectivity index (χ1n) is 6.40. The highest BCUT2D eigenvalue weighted by molar-refractivity contribution is 5.78. The van der Waals surface area contributed by atoms with Crippen LogP contribution < -0.4 is 0 Å². The van der Waals surface area contributed by atoms with E-state index < -0.39 is 0 Å². The van der Waals surface area contributed by atoms with Gasteiger partial charge in [0.1, 0.15) is 5.76 Å². The molecule has 1 atom stereocenters. The first kappa shape index (κ1) is 12.0. The molecule has 1 aliphatic heterocycles. The van der Waals surface area contributed by atoms with Crippen molar-refractivity contribution in [3.05, 3.63) is 29.8 Å². The number of esters is 1. The first-order valence-corrected chi connectivity index (χ1v) is 6.40. The van der Waals surface area contributed by atoms with Gasteiger partial charge in [-0.2, -0.15) is 0 Å². The van der Waals surface area contributed by atoms with E-state index in [0.29, 0.717) is 0 Å². The predicted molar refractivity (Wildman–Crippen MR) is 68.7 cm³/mol. The lowest BCUT2D eigenvalue weighted by Crippen LogP contribution is -2.23. The summed E-state index contributed by atoms with van der Waals surface area (Å²) in [6, 6.07) is 3.82. The van der Waals surface area contributed by atoms with Gasteiger partial charge in [0, 0.05) is 12.7 Å². The minimum atomic E-state index is -0.212. The molecule has 0 saturated carbocycles. The van der Waals surface area contributed by atoms with Crippen molar-refractivity contribution < 1.29 is 13.9 Å². The van der Waals surface area contributed by atoms with Crippen molar-refractivity contribution in [3.8, 4) is 11.6 Å². The average molecular weight is 260 g/mol. The van der Waals surface area contributed by atoms with E-state index in [-0.39, 0.29) is 11.9 Å². The van der Waals surface area contributed by atoms with E-state index >= 15 is 0 Å². The summed E-state index contributed by atoms with van der Waals surface area (Å²) in [5.41, 5.74) is 0.919. The first-order chi connectivity index (χ1) is 9.20. The highest BCUT2D eigenvalue weighted by Gasteiger charge is 2.30. The molecule has 2 aromatic heterocycles. The fourth-order valence-corrected chi connectivity index (χ4v) is 2.64. The van der Waals surface area contributed by atoms with Crippen LogP contribution in [-0.4, -0.2) is 22.6 Å². The van der Waals surface area contributed by atoms with Gasteiger partial charge in [-0.05, 0) is 31.9 Å². The van der Waals surface area contributed by atoms with E-state index in [1.165, 1.54) is 7.11 Å². The van der Waals surface area contributed by atoms with Crippen LogP contribution in [0, 0.1) is 6.92 Å². The van der Waals surface area contributed by atoms with Crippen LogP contribution in [-0.2, 0) is 16.1 Å². The van der Waals surface area contributed by atoms with Gasteiger partial charge >= 0.3 is 5.97 Å². The molecule has 100 valence electrons. The number of hydrogen-bond acceptors (Lipinski definition) is 4. The zero-order valence-corrected chi connectivity index (χ0v) is 11.0. The number of fused-ring (bicyclic) bond motifs is 1. The molecule has 5 heteroatoms. The Kier molecular flexibility index (Phi) is 2.89. The van der Waals surface area contributed by atoms with Crippen molar-refractivity contribution in [1.29, 1.82) is 0 Å². The number of carbonyl (C=O) groups is 1. The van der Waals surface area contributed by atoms with Crippen molar-refractivity contribution in [2.24, 2.45) is 0 Å². The quantitative estimate of drug-likeness (QED) is 0.778. The molecule has 3 heterocycles. The Hall–Kier alpha value is -2.04. The van der Waals surface area contributed by atoms with Gasteiger partial charge in [-0.15, -0.1) is 0 Å². The lowest BCUT2D eigenvalue weighted by Gasteiger charge is -2.22. The molecule has 0 aromatic carbocycles. The van der Waals surface area contributed by atoms with E-state index in [2.05, 4.69) is 9.55 Å². The molecule has 0 bridgehead atoms. The normalized spacial score (nSPS) is 18.1. The summed E-state index contributed by atoms with van der Waals surface area (Å²) in [5, 5.41) is 0. The van der Waals surface area contributed by atoms with Crippen LogP contribution in [0.1, 0.15) is 30.2 Å². The molecule has 0 saturated heterocycles. The summed E-state index contributed by atoms with van der Waals surface area (Å²) in [7, 11) is 1.43. The second-order valence-electron chi connectivity index (χ2n) is 4.79. The summed E-state index contributed by atoms with van der Waals surface area (Å²) in [4.78, 5) is 16.2. The maximum atomic E-state index is 11.8. The largest absolute Gasteiger partial charge is 0.469 e. The van der Waals surface area contributed by atoms with E-state index in [1.807, 2.05) is 19.1 Å². The van der Waals surface area contributed by atoms with Gasteiger partial charge in [0.15, 0.2) is 11.6 Å². The number of hydrogen-bond donors (Lipinski definition) is 0. The van der Waals surface area contributed by atoms with Crippen molar-refractivity contribution in [2.45, 2.75) is 32.2 Å². The standard InChI is InChI=1S/C14H16N2O3/c1-9-5-6-12(19-9)13-15-8-11-10(14(17)18-2)4-3-7-16(11)13/h5-6,8,10H,3-4,7H2,1-2H3. The smallest absolute Gasteiger partial charge is 0.314 e. The van der Waals surface area contributed by atoms with Crippen molar-refractivity contribution in [2.75, 3.05) is 7.11 Å². The number of furan rings is 1. The number of methoxy groups -OCH3 is 1. The van der Waals surface area contributed by atoms with E-state index in [0.717, 1.165) is 42.4 Å². The van der Waals surface area contributed by atoms with E-state index in [9.17, 15) is 4.79 Å². The van der Waals surface area contributed by atoms with Gasteiger partial charge in [-0.1, -0.05) is 0 Å². The predicted octanol–water partition coefficient (Wildman–Crippen LogP) is 2.50. The molecule has 1 unspecified atom stereocenters. The van der Waals surface area contributed by atoms with Gasteiger partial charge in [-0.3, -0.25) is 4.79 Å². The molecule has 0 fully saturated rings. The Morgan fingerprint density at radius 2 is 2.37 bits per heavy atom. The van der Waals surface area contributed by atoms with Gasteiger partial charge in [0.2, 0.25) is 0 Å². The fourth-order valence-electron chi connectivity index (χ4n) is 2.64. The summed E-state index contributed by atoms with van der Waals surface area (Å²) < 4.78 is 12.5. The number of aryl methyl sites for hydroxylation is 1. The summed E-state index contributed by atoms with van der Waals surface area (Å²) in [5.74, 6) is 1.98. The third kappa shape index (κ3) is 1.95.